The molecule has 0 amide bonds. The van der Waals surface area contributed by atoms with Gasteiger partial charge in [0.15, 0.2) is 0 Å². The fourth-order valence-electron chi connectivity index (χ4n) is 1.89. The summed E-state index contributed by atoms with van der Waals surface area (Å²) in [5, 5.41) is 7.17. The van der Waals surface area contributed by atoms with Crippen LogP contribution >= 0.6 is 11.6 Å². The van der Waals surface area contributed by atoms with E-state index in [1.807, 2.05) is 19.1 Å². The molecule has 0 aliphatic rings. The standard InChI is InChI=1S/C16H21ClN4O/c1-5-11(3)19-16-18-7-6-15(21-16)20-13-8-10(2)12(17)9-14(13)22-4/h6-9,11H,5H2,1-4H3,(H2,18,19,20,21). The maximum atomic E-state index is 6.12. The summed E-state index contributed by atoms with van der Waals surface area (Å²) in [5.41, 5.74) is 1.79. The van der Waals surface area contributed by atoms with E-state index in [4.69, 9.17) is 16.3 Å². The summed E-state index contributed by atoms with van der Waals surface area (Å²) in [4.78, 5) is 8.69. The number of hydrogen-bond donors (Lipinski definition) is 2. The summed E-state index contributed by atoms with van der Waals surface area (Å²) < 4.78 is 5.36. The van der Waals surface area contributed by atoms with Crippen LogP contribution in [0.5, 0.6) is 5.75 Å². The molecular formula is C16H21ClN4O. The molecule has 1 aromatic heterocycles. The van der Waals surface area contributed by atoms with Crippen molar-refractivity contribution in [3.8, 4) is 5.75 Å². The highest BCUT2D eigenvalue weighted by Gasteiger charge is 2.09. The van der Waals surface area contributed by atoms with Crippen LogP contribution in [0.4, 0.5) is 17.5 Å². The van der Waals surface area contributed by atoms with Gasteiger partial charge in [-0.05, 0) is 38.0 Å². The first-order valence-corrected chi connectivity index (χ1v) is 7.62. The molecule has 1 unspecified atom stereocenters. The minimum Gasteiger partial charge on any atom is -0.495 e. The lowest BCUT2D eigenvalue weighted by molar-refractivity contribution is 0.416. The zero-order valence-corrected chi connectivity index (χ0v) is 14.0. The zero-order chi connectivity index (χ0) is 16.1. The Morgan fingerprint density at radius 3 is 2.82 bits per heavy atom. The van der Waals surface area contributed by atoms with Gasteiger partial charge in [-0.1, -0.05) is 18.5 Å². The summed E-state index contributed by atoms with van der Waals surface area (Å²) in [6.07, 6.45) is 2.72. The molecule has 2 N–H and O–H groups in total. The third kappa shape index (κ3) is 4.01. The van der Waals surface area contributed by atoms with E-state index in [1.165, 1.54) is 0 Å². The van der Waals surface area contributed by atoms with Gasteiger partial charge in [-0.15, -0.1) is 0 Å². The normalized spacial score (nSPS) is 11.9. The Morgan fingerprint density at radius 2 is 2.14 bits per heavy atom. The molecule has 118 valence electrons. The van der Waals surface area contributed by atoms with Gasteiger partial charge in [0.25, 0.3) is 0 Å². The van der Waals surface area contributed by atoms with Crippen molar-refractivity contribution >= 4 is 29.1 Å². The molecule has 5 nitrogen and oxygen atoms in total. The first kappa shape index (κ1) is 16.4. The van der Waals surface area contributed by atoms with Crippen molar-refractivity contribution in [3.63, 3.8) is 0 Å². The van der Waals surface area contributed by atoms with E-state index in [0.29, 0.717) is 28.6 Å². The van der Waals surface area contributed by atoms with Crippen LogP contribution in [0.3, 0.4) is 0 Å². The van der Waals surface area contributed by atoms with Gasteiger partial charge in [-0.2, -0.15) is 4.98 Å². The summed E-state index contributed by atoms with van der Waals surface area (Å²) in [6.45, 7) is 6.15. The number of aromatic nitrogens is 2. The molecule has 1 atom stereocenters. The monoisotopic (exact) mass is 320 g/mol. The molecule has 1 heterocycles. The third-order valence-corrected chi connectivity index (χ3v) is 3.79. The fourth-order valence-corrected chi connectivity index (χ4v) is 2.04. The van der Waals surface area contributed by atoms with Crippen LogP contribution in [-0.2, 0) is 0 Å². The van der Waals surface area contributed by atoms with Crippen LogP contribution in [0.1, 0.15) is 25.8 Å². The van der Waals surface area contributed by atoms with Gasteiger partial charge in [0.2, 0.25) is 5.95 Å². The van der Waals surface area contributed by atoms with E-state index in [1.54, 1.807) is 19.4 Å². The third-order valence-electron chi connectivity index (χ3n) is 3.39. The highest BCUT2D eigenvalue weighted by molar-refractivity contribution is 6.31. The van der Waals surface area contributed by atoms with Gasteiger partial charge in [0, 0.05) is 23.3 Å². The molecule has 0 saturated heterocycles. The molecule has 0 radical (unpaired) electrons. The maximum Gasteiger partial charge on any atom is 0.224 e. The molecule has 1 aromatic carbocycles. The van der Waals surface area contributed by atoms with Crippen LogP contribution in [0.15, 0.2) is 24.4 Å². The van der Waals surface area contributed by atoms with E-state index in [9.17, 15) is 0 Å². The molecule has 0 aliphatic heterocycles. The van der Waals surface area contributed by atoms with E-state index >= 15 is 0 Å². The minimum atomic E-state index is 0.322. The van der Waals surface area contributed by atoms with Crippen molar-refractivity contribution in [2.75, 3.05) is 17.7 Å². The maximum absolute atomic E-state index is 6.12. The van der Waals surface area contributed by atoms with Gasteiger partial charge < -0.3 is 15.4 Å². The predicted octanol–water partition coefficient (Wildman–Crippen LogP) is 4.40. The van der Waals surface area contributed by atoms with Crippen molar-refractivity contribution in [3.05, 3.63) is 35.0 Å². The molecule has 0 saturated carbocycles. The molecule has 0 bridgehead atoms. The Kier molecular flexibility index (Phi) is 5.44. The van der Waals surface area contributed by atoms with Crippen LogP contribution in [0, 0.1) is 6.92 Å². The number of halogens is 1. The van der Waals surface area contributed by atoms with E-state index < -0.39 is 0 Å². The largest absolute Gasteiger partial charge is 0.495 e. The number of hydrogen-bond acceptors (Lipinski definition) is 5. The number of methoxy groups -OCH3 is 1. The van der Waals surface area contributed by atoms with Crippen molar-refractivity contribution in [1.82, 2.24) is 9.97 Å². The quantitative estimate of drug-likeness (QED) is 0.826. The molecule has 2 aromatic rings. The van der Waals surface area contributed by atoms with Gasteiger partial charge in [-0.3, -0.25) is 0 Å². The zero-order valence-electron chi connectivity index (χ0n) is 13.3. The Labute approximate surface area is 136 Å². The summed E-state index contributed by atoms with van der Waals surface area (Å²) in [6, 6.07) is 5.86. The highest BCUT2D eigenvalue weighted by Crippen LogP contribution is 2.32. The first-order chi connectivity index (χ1) is 10.5. The van der Waals surface area contributed by atoms with Crippen LogP contribution in [0.2, 0.25) is 5.02 Å². The van der Waals surface area contributed by atoms with Crippen LogP contribution < -0.4 is 15.4 Å². The SMILES string of the molecule is CCC(C)Nc1nccc(Nc2cc(C)c(Cl)cc2OC)n1. The number of nitrogens with one attached hydrogen (secondary N) is 2. The topological polar surface area (TPSA) is 59.1 Å². The molecule has 2 rings (SSSR count). The molecule has 6 heteroatoms. The summed E-state index contributed by atoms with van der Waals surface area (Å²) in [7, 11) is 1.61. The Morgan fingerprint density at radius 1 is 1.36 bits per heavy atom. The van der Waals surface area contributed by atoms with E-state index in [0.717, 1.165) is 17.7 Å². The second-order valence-corrected chi connectivity index (χ2v) is 5.55. The average molecular weight is 321 g/mol. The summed E-state index contributed by atoms with van der Waals surface area (Å²) >= 11 is 6.12. The minimum absolute atomic E-state index is 0.322. The van der Waals surface area contributed by atoms with Crippen molar-refractivity contribution in [2.24, 2.45) is 0 Å². The van der Waals surface area contributed by atoms with Crippen molar-refractivity contribution < 1.29 is 4.74 Å². The van der Waals surface area contributed by atoms with Crippen molar-refractivity contribution in [1.29, 1.82) is 0 Å². The number of aryl methyl sites for hydroxylation is 1. The van der Waals surface area contributed by atoms with Gasteiger partial charge in [0.05, 0.1) is 12.8 Å². The molecule has 0 spiro atoms. The van der Waals surface area contributed by atoms with Gasteiger partial charge in [0.1, 0.15) is 11.6 Å². The second kappa shape index (κ2) is 7.31. The fraction of sp³-hybridized carbons (Fsp3) is 0.375. The molecule has 0 aliphatic carbocycles. The van der Waals surface area contributed by atoms with Crippen LogP contribution in [-0.4, -0.2) is 23.1 Å². The van der Waals surface area contributed by atoms with E-state index in [2.05, 4.69) is 34.4 Å². The van der Waals surface area contributed by atoms with Gasteiger partial charge in [-0.25, -0.2) is 4.98 Å². The number of anilines is 3. The number of rotatable bonds is 6. The smallest absolute Gasteiger partial charge is 0.224 e. The van der Waals surface area contributed by atoms with E-state index in [-0.39, 0.29) is 0 Å². The first-order valence-electron chi connectivity index (χ1n) is 7.24. The molecular weight excluding hydrogens is 300 g/mol. The van der Waals surface area contributed by atoms with Crippen LogP contribution in [0.25, 0.3) is 0 Å². The highest BCUT2D eigenvalue weighted by atomic mass is 35.5. The van der Waals surface area contributed by atoms with Gasteiger partial charge >= 0.3 is 0 Å². The Balaban J connectivity index is 2.24. The average Bonchev–Trinajstić information content (AvgIpc) is 2.51. The number of nitrogens with zero attached hydrogens (tertiary/aromatic N) is 2. The number of ether oxygens (including phenoxy) is 1. The number of benzene rings is 1. The lowest BCUT2D eigenvalue weighted by Gasteiger charge is -2.14. The molecule has 22 heavy (non-hydrogen) atoms. The molecule has 0 fully saturated rings. The predicted molar refractivity (Wildman–Crippen MR) is 91.4 cm³/mol. The Bertz CT molecular complexity index is 648. The second-order valence-electron chi connectivity index (χ2n) is 5.15. The van der Waals surface area contributed by atoms with Crippen molar-refractivity contribution in [2.45, 2.75) is 33.2 Å². The lowest BCUT2D eigenvalue weighted by Crippen LogP contribution is -2.15. The lowest BCUT2D eigenvalue weighted by atomic mass is 10.2. The summed E-state index contributed by atoms with van der Waals surface area (Å²) in [5.74, 6) is 1.97. The Hall–Kier alpha value is -2.01.